The molecule has 1 aromatic heterocycles. The first-order valence-electron chi connectivity index (χ1n) is 10.2. The Bertz CT molecular complexity index is 856. The minimum absolute atomic E-state index is 0. The van der Waals surface area contributed by atoms with Gasteiger partial charge in [0, 0.05) is 50.0 Å². The van der Waals surface area contributed by atoms with E-state index in [4.69, 9.17) is 14.5 Å². The topological polar surface area (TPSA) is 59.0 Å². The molecule has 2 aliphatic rings. The van der Waals surface area contributed by atoms with Crippen molar-refractivity contribution < 1.29 is 13.9 Å². The summed E-state index contributed by atoms with van der Waals surface area (Å²) in [6.07, 6.45) is 4.04. The number of benzene rings is 1. The maximum absolute atomic E-state index is 13.3. The van der Waals surface area contributed by atoms with Crippen LogP contribution >= 0.6 is 24.0 Å². The fourth-order valence-corrected chi connectivity index (χ4v) is 3.90. The number of nitrogens with zero attached hydrogens (tertiary/aromatic N) is 3. The van der Waals surface area contributed by atoms with Crippen LogP contribution in [0.2, 0.25) is 0 Å². The average Bonchev–Trinajstić information content (AvgIpc) is 3.36. The predicted molar refractivity (Wildman–Crippen MR) is 125 cm³/mol. The third-order valence-electron chi connectivity index (χ3n) is 5.49. The maximum atomic E-state index is 13.3. The normalized spacial score (nSPS) is 21.0. The lowest BCUT2D eigenvalue weighted by Gasteiger charge is -2.25. The van der Waals surface area contributed by atoms with Gasteiger partial charge in [0.05, 0.1) is 13.2 Å². The van der Waals surface area contributed by atoms with Crippen molar-refractivity contribution >= 4 is 29.9 Å². The summed E-state index contributed by atoms with van der Waals surface area (Å²) in [5.41, 5.74) is 1.29. The molecule has 1 aromatic carbocycles. The zero-order chi connectivity index (χ0) is 20.1. The molecule has 1 atom stereocenters. The van der Waals surface area contributed by atoms with Crippen molar-refractivity contribution in [2.45, 2.75) is 26.3 Å². The van der Waals surface area contributed by atoms with Crippen LogP contribution in [0.4, 0.5) is 4.39 Å². The highest BCUT2D eigenvalue weighted by atomic mass is 127. The highest BCUT2D eigenvalue weighted by Crippen LogP contribution is 2.38. The number of nitrogens with one attached hydrogen (secondary N) is 1. The van der Waals surface area contributed by atoms with E-state index in [0.29, 0.717) is 23.6 Å². The van der Waals surface area contributed by atoms with Crippen molar-refractivity contribution in [1.29, 1.82) is 0 Å². The van der Waals surface area contributed by atoms with Crippen LogP contribution in [0.1, 0.15) is 25.3 Å². The maximum Gasteiger partial charge on any atom is 0.219 e. The Kier molecular flexibility index (Phi) is 7.87. The Hall–Kier alpha value is -1.94. The number of aliphatic imine (C=N–C) groups is 1. The summed E-state index contributed by atoms with van der Waals surface area (Å²) >= 11 is 0. The fraction of sp³-hybridized carbons (Fsp3) is 0.455. The van der Waals surface area contributed by atoms with Crippen molar-refractivity contribution in [3.63, 3.8) is 0 Å². The van der Waals surface area contributed by atoms with Gasteiger partial charge < -0.3 is 19.7 Å². The zero-order valence-corrected chi connectivity index (χ0v) is 19.5. The molecular formula is C22H28FIN4O2. The monoisotopic (exact) mass is 526 g/mol. The fourth-order valence-electron chi connectivity index (χ4n) is 3.90. The number of guanidine groups is 1. The highest BCUT2D eigenvalue weighted by molar-refractivity contribution is 14.0. The molecule has 2 aliphatic heterocycles. The molecule has 1 unspecified atom stereocenters. The molecule has 2 aromatic rings. The smallest absolute Gasteiger partial charge is 0.219 e. The molecule has 0 amide bonds. The van der Waals surface area contributed by atoms with Gasteiger partial charge in [-0.2, -0.15) is 0 Å². The summed E-state index contributed by atoms with van der Waals surface area (Å²) < 4.78 is 24.5. The van der Waals surface area contributed by atoms with Crippen LogP contribution in [0.25, 0.3) is 0 Å². The number of halogens is 2. The van der Waals surface area contributed by atoms with E-state index in [1.54, 1.807) is 24.4 Å². The Morgan fingerprint density at radius 2 is 2.23 bits per heavy atom. The predicted octanol–water partition coefficient (Wildman–Crippen LogP) is 4.21. The second kappa shape index (κ2) is 10.4. The van der Waals surface area contributed by atoms with E-state index in [1.165, 1.54) is 12.1 Å². The summed E-state index contributed by atoms with van der Waals surface area (Å²) in [4.78, 5) is 11.5. The molecule has 162 valence electrons. The van der Waals surface area contributed by atoms with Gasteiger partial charge in [0.25, 0.3) is 0 Å². The molecule has 1 N–H and O–H groups in total. The molecule has 2 saturated heterocycles. The van der Waals surface area contributed by atoms with Gasteiger partial charge in [-0.1, -0.05) is 12.1 Å². The van der Waals surface area contributed by atoms with Gasteiger partial charge in [0.1, 0.15) is 11.6 Å². The third kappa shape index (κ3) is 5.60. The quantitative estimate of drug-likeness (QED) is 0.360. The Balaban J connectivity index is 0.00000256. The van der Waals surface area contributed by atoms with Crippen LogP contribution in [-0.4, -0.2) is 48.7 Å². The van der Waals surface area contributed by atoms with Crippen molar-refractivity contribution in [2.75, 3.05) is 32.8 Å². The molecule has 3 heterocycles. The highest BCUT2D eigenvalue weighted by Gasteiger charge is 2.42. The molecule has 4 rings (SSSR count). The summed E-state index contributed by atoms with van der Waals surface area (Å²) in [5.74, 6) is 1.46. The van der Waals surface area contributed by atoms with Gasteiger partial charge >= 0.3 is 0 Å². The summed E-state index contributed by atoms with van der Waals surface area (Å²) in [6, 6.07) is 9.74. The van der Waals surface area contributed by atoms with Crippen molar-refractivity contribution in [1.82, 2.24) is 15.2 Å². The average molecular weight is 526 g/mol. The van der Waals surface area contributed by atoms with Gasteiger partial charge in [-0.15, -0.1) is 24.0 Å². The molecule has 0 bridgehead atoms. The lowest BCUT2D eigenvalue weighted by atomic mass is 9.87. The van der Waals surface area contributed by atoms with Crippen molar-refractivity contribution in [3.8, 4) is 11.6 Å². The van der Waals surface area contributed by atoms with E-state index in [9.17, 15) is 4.39 Å². The summed E-state index contributed by atoms with van der Waals surface area (Å²) in [5, 5.41) is 3.41. The lowest BCUT2D eigenvalue weighted by molar-refractivity contribution is 0.156. The standard InChI is InChI=1S/C22H27FN4O2.HI/c1-2-24-21(27-10-8-22(15-27)9-11-28-16-22)26-14-17-6-7-20(25-13-17)29-19-5-3-4-18(23)12-19;/h3-7,12-13H,2,8-11,14-16H2,1H3,(H,24,26);1H. The Morgan fingerprint density at radius 1 is 1.33 bits per heavy atom. The molecular weight excluding hydrogens is 498 g/mol. The molecule has 8 heteroatoms. The largest absolute Gasteiger partial charge is 0.439 e. The number of rotatable bonds is 5. The number of hydrogen-bond donors (Lipinski definition) is 1. The van der Waals surface area contributed by atoms with E-state index in [0.717, 1.165) is 57.2 Å². The van der Waals surface area contributed by atoms with Gasteiger partial charge in [-0.05, 0) is 37.5 Å². The SMILES string of the molecule is CCNC(=NCc1ccc(Oc2cccc(F)c2)nc1)N1CCC2(CCOC2)C1.I. The molecule has 2 fully saturated rings. The van der Waals surface area contributed by atoms with Crippen LogP contribution in [0, 0.1) is 11.2 Å². The lowest BCUT2D eigenvalue weighted by Crippen LogP contribution is -2.41. The number of likely N-dealkylation sites (tertiary alicyclic amines) is 1. The van der Waals surface area contributed by atoms with Gasteiger partial charge in [-0.3, -0.25) is 0 Å². The van der Waals surface area contributed by atoms with Crippen LogP contribution < -0.4 is 10.1 Å². The van der Waals surface area contributed by atoms with E-state index < -0.39 is 0 Å². The molecule has 0 radical (unpaired) electrons. The summed E-state index contributed by atoms with van der Waals surface area (Å²) in [6.45, 7) is 7.19. The summed E-state index contributed by atoms with van der Waals surface area (Å²) in [7, 11) is 0. The second-order valence-corrected chi connectivity index (χ2v) is 7.71. The first-order chi connectivity index (χ1) is 14.2. The van der Waals surface area contributed by atoms with Crippen LogP contribution in [0.15, 0.2) is 47.6 Å². The van der Waals surface area contributed by atoms with Crippen LogP contribution in [-0.2, 0) is 11.3 Å². The van der Waals surface area contributed by atoms with E-state index in [-0.39, 0.29) is 29.8 Å². The minimum atomic E-state index is -0.336. The Labute approximate surface area is 193 Å². The van der Waals surface area contributed by atoms with E-state index in [1.807, 2.05) is 6.07 Å². The van der Waals surface area contributed by atoms with Gasteiger partial charge in [-0.25, -0.2) is 14.4 Å². The number of ether oxygens (including phenoxy) is 2. The van der Waals surface area contributed by atoms with Crippen molar-refractivity contribution in [3.05, 3.63) is 54.0 Å². The first kappa shape index (κ1) is 22.7. The Morgan fingerprint density at radius 3 is 2.93 bits per heavy atom. The van der Waals surface area contributed by atoms with Crippen LogP contribution in [0.3, 0.4) is 0 Å². The zero-order valence-electron chi connectivity index (χ0n) is 17.1. The molecule has 6 nitrogen and oxygen atoms in total. The van der Waals surface area contributed by atoms with Gasteiger partial charge in [0.15, 0.2) is 5.96 Å². The van der Waals surface area contributed by atoms with Gasteiger partial charge in [0.2, 0.25) is 5.88 Å². The first-order valence-corrected chi connectivity index (χ1v) is 10.2. The molecule has 1 spiro atoms. The molecule has 0 aliphatic carbocycles. The molecule has 30 heavy (non-hydrogen) atoms. The second-order valence-electron chi connectivity index (χ2n) is 7.71. The third-order valence-corrected chi connectivity index (χ3v) is 5.49. The van der Waals surface area contributed by atoms with E-state index >= 15 is 0 Å². The number of aromatic nitrogens is 1. The van der Waals surface area contributed by atoms with Crippen molar-refractivity contribution in [2.24, 2.45) is 10.4 Å². The minimum Gasteiger partial charge on any atom is -0.439 e. The number of hydrogen-bond acceptors (Lipinski definition) is 4. The number of pyridine rings is 1. The van der Waals surface area contributed by atoms with E-state index in [2.05, 4.69) is 22.1 Å². The molecule has 0 saturated carbocycles. The van der Waals surface area contributed by atoms with Crippen LogP contribution in [0.5, 0.6) is 11.6 Å².